The third-order valence-electron chi connectivity index (χ3n) is 6.48. The average molecular weight is 359 g/mol. The summed E-state index contributed by atoms with van der Waals surface area (Å²) in [5, 5.41) is 6.55. The normalized spacial score (nSPS) is 21.7. The second-order valence-electron chi connectivity index (χ2n) is 9.09. The van der Waals surface area contributed by atoms with Gasteiger partial charge < -0.3 is 15.4 Å². The minimum atomic E-state index is -0.660. The Bertz CT molecular complexity index is 621. The quantitative estimate of drug-likeness (QED) is 0.849. The van der Waals surface area contributed by atoms with E-state index >= 15 is 0 Å². The molecule has 1 aliphatic carbocycles. The van der Waals surface area contributed by atoms with Crippen LogP contribution in [0.4, 0.5) is 0 Å². The SMILES string of the molecule is COC1(C(=O)NCC2(c3ccc(C(C)(C)C)cc3)CCC2)CCNCC1. The predicted molar refractivity (Wildman–Crippen MR) is 106 cm³/mol. The molecule has 26 heavy (non-hydrogen) atoms. The van der Waals surface area contributed by atoms with Gasteiger partial charge in [0.25, 0.3) is 5.91 Å². The number of benzene rings is 1. The minimum absolute atomic E-state index is 0.0547. The number of amides is 1. The Balaban J connectivity index is 1.70. The van der Waals surface area contributed by atoms with Gasteiger partial charge in [0.05, 0.1) is 0 Å². The Hall–Kier alpha value is -1.39. The predicted octanol–water partition coefficient (Wildman–Crippen LogP) is 3.29. The van der Waals surface area contributed by atoms with Crippen molar-refractivity contribution < 1.29 is 9.53 Å². The van der Waals surface area contributed by atoms with Crippen LogP contribution in [0.2, 0.25) is 0 Å². The van der Waals surface area contributed by atoms with Gasteiger partial charge >= 0.3 is 0 Å². The molecular formula is C22H34N2O2. The maximum atomic E-state index is 12.9. The van der Waals surface area contributed by atoms with Gasteiger partial charge in [-0.05, 0) is 55.3 Å². The van der Waals surface area contributed by atoms with Gasteiger partial charge in [0.1, 0.15) is 5.60 Å². The molecule has 1 aromatic carbocycles. The monoisotopic (exact) mass is 358 g/mol. The molecule has 1 saturated carbocycles. The van der Waals surface area contributed by atoms with Gasteiger partial charge in [-0.1, -0.05) is 51.5 Å². The summed E-state index contributed by atoms with van der Waals surface area (Å²) in [7, 11) is 1.66. The number of methoxy groups -OCH3 is 1. The molecule has 1 aromatic rings. The zero-order valence-corrected chi connectivity index (χ0v) is 16.8. The third-order valence-corrected chi connectivity index (χ3v) is 6.48. The molecule has 2 fully saturated rings. The van der Waals surface area contributed by atoms with E-state index in [0.29, 0.717) is 6.54 Å². The van der Waals surface area contributed by atoms with Crippen LogP contribution in [0.15, 0.2) is 24.3 Å². The highest BCUT2D eigenvalue weighted by Gasteiger charge is 2.43. The van der Waals surface area contributed by atoms with E-state index in [9.17, 15) is 4.79 Å². The molecule has 4 nitrogen and oxygen atoms in total. The van der Waals surface area contributed by atoms with E-state index in [1.807, 2.05) is 0 Å². The van der Waals surface area contributed by atoms with Gasteiger partial charge in [-0.15, -0.1) is 0 Å². The number of hydrogen-bond donors (Lipinski definition) is 2. The van der Waals surface area contributed by atoms with Crippen molar-refractivity contribution in [3.05, 3.63) is 35.4 Å². The molecular weight excluding hydrogens is 324 g/mol. The molecule has 4 heteroatoms. The number of carbonyl (C=O) groups is 1. The van der Waals surface area contributed by atoms with Crippen LogP contribution in [-0.4, -0.2) is 38.3 Å². The molecule has 0 radical (unpaired) electrons. The van der Waals surface area contributed by atoms with Gasteiger partial charge in [-0.25, -0.2) is 0 Å². The fraction of sp³-hybridized carbons (Fsp3) is 0.682. The Labute approximate surface area is 158 Å². The van der Waals surface area contributed by atoms with Crippen LogP contribution in [-0.2, 0) is 20.4 Å². The lowest BCUT2D eigenvalue weighted by molar-refractivity contribution is -0.147. The van der Waals surface area contributed by atoms with E-state index in [-0.39, 0.29) is 16.7 Å². The van der Waals surface area contributed by atoms with Crippen molar-refractivity contribution >= 4 is 5.91 Å². The molecule has 3 rings (SSSR count). The lowest BCUT2D eigenvalue weighted by Gasteiger charge is -2.44. The number of piperidine rings is 1. The van der Waals surface area contributed by atoms with E-state index in [1.165, 1.54) is 17.5 Å². The van der Waals surface area contributed by atoms with E-state index < -0.39 is 5.60 Å². The summed E-state index contributed by atoms with van der Waals surface area (Å²) in [6.45, 7) is 9.10. The van der Waals surface area contributed by atoms with E-state index in [4.69, 9.17) is 4.74 Å². The lowest BCUT2D eigenvalue weighted by atomic mass is 9.64. The van der Waals surface area contributed by atoms with Crippen LogP contribution in [0.3, 0.4) is 0 Å². The van der Waals surface area contributed by atoms with E-state index in [1.54, 1.807) is 7.11 Å². The summed E-state index contributed by atoms with van der Waals surface area (Å²) in [5.41, 5.74) is 2.31. The van der Waals surface area contributed by atoms with Gasteiger partial charge in [0.15, 0.2) is 0 Å². The highest BCUT2D eigenvalue weighted by atomic mass is 16.5. The topological polar surface area (TPSA) is 50.4 Å². The molecule has 2 N–H and O–H groups in total. The number of nitrogens with one attached hydrogen (secondary N) is 2. The van der Waals surface area contributed by atoms with Crippen molar-refractivity contribution in [1.29, 1.82) is 0 Å². The van der Waals surface area contributed by atoms with Crippen molar-refractivity contribution in [1.82, 2.24) is 10.6 Å². The fourth-order valence-electron chi connectivity index (χ4n) is 4.26. The van der Waals surface area contributed by atoms with Crippen LogP contribution in [0.1, 0.15) is 64.0 Å². The molecule has 0 unspecified atom stereocenters. The number of ether oxygens (including phenoxy) is 1. The standard InChI is InChI=1S/C22H34N2O2/c1-20(2,3)17-6-8-18(9-7-17)21(10-5-11-21)16-24-19(25)22(26-4)12-14-23-15-13-22/h6-9,23H,5,10-16H2,1-4H3,(H,24,25). The van der Waals surface area contributed by atoms with Crippen LogP contribution in [0, 0.1) is 0 Å². The number of hydrogen-bond acceptors (Lipinski definition) is 3. The lowest BCUT2D eigenvalue weighted by Crippen LogP contribution is -2.56. The highest BCUT2D eigenvalue weighted by molar-refractivity contribution is 5.85. The first-order chi connectivity index (χ1) is 12.3. The summed E-state index contributed by atoms with van der Waals surface area (Å²) < 4.78 is 5.66. The summed E-state index contributed by atoms with van der Waals surface area (Å²) in [6, 6.07) is 9.03. The minimum Gasteiger partial charge on any atom is -0.368 e. The van der Waals surface area contributed by atoms with Crippen LogP contribution in [0.25, 0.3) is 0 Å². The third kappa shape index (κ3) is 3.67. The second kappa shape index (κ2) is 7.32. The molecule has 2 aliphatic rings. The first-order valence-corrected chi connectivity index (χ1v) is 9.97. The zero-order chi connectivity index (χ0) is 18.8. The maximum absolute atomic E-state index is 12.9. The van der Waals surface area contributed by atoms with Gasteiger partial charge in [-0.2, -0.15) is 0 Å². The molecule has 1 amide bonds. The average Bonchev–Trinajstić information content (AvgIpc) is 2.61. The second-order valence-corrected chi connectivity index (χ2v) is 9.09. The molecule has 0 spiro atoms. The van der Waals surface area contributed by atoms with Crippen LogP contribution >= 0.6 is 0 Å². The Morgan fingerprint density at radius 1 is 1.12 bits per heavy atom. The fourth-order valence-corrected chi connectivity index (χ4v) is 4.26. The smallest absolute Gasteiger partial charge is 0.252 e. The maximum Gasteiger partial charge on any atom is 0.252 e. The van der Waals surface area contributed by atoms with Crippen molar-refractivity contribution in [2.24, 2.45) is 0 Å². The Morgan fingerprint density at radius 3 is 2.19 bits per heavy atom. The van der Waals surface area contributed by atoms with Crippen molar-refractivity contribution in [2.75, 3.05) is 26.7 Å². The van der Waals surface area contributed by atoms with Crippen LogP contribution < -0.4 is 10.6 Å². The largest absolute Gasteiger partial charge is 0.368 e. The molecule has 1 saturated heterocycles. The molecule has 1 heterocycles. The molecule has 0 aromatic heterocycles. The first-order valence-electron chi connectivity index (χ1n) is 9.97. The van der Waals surface area contributed by atoms with Crippen molar-refractivity contribution in [3.8, 4) is 0 Å². The number of carbonyl (C=O) groups excluding carboxylic acids is 1. The van der Waals surface area contributed by atoms with E-state index in [0.717, 1.165) is 38.8 Å². The van der Waals surface area contributed by atoms with Crippen molar-refractivity contribution in [2.45, 2.75) is 69.3 Å². The first kappa shape index (κ1) is 19.4. The van der Waals surface area contributed by atoms with E-state index in [2.05, 4.69) is 55.7 Å². The molecule has 0 bridgehead atoms. The summed E-state index contributed by atoms with van der Waals surface area (Å²) in [5.74, 6) is 0.0547. The highest BCUT2D eigenvalue weighted by Crippen LogP contribution is 2.43. The summed E-state index contributed by atoms with van der Waals surface area (Å²) >= 11 is 0. The number of rotatable bonds is 5. The van der Waals surface area contributed by atoms with Gasteiger partial charge in [0, 0.05) is 19.1 Å². The molecule has 0 atom stereocenters. The summed E-state index contributed by atoms with van der Waals surface area (Å²) in [4.78, 5) is 12.9. The van der Waals surface area contributed by atoms with Gasteiger partial charge in [0.2, 0.25) is 0 Å². The van der Waals surface area contributed by atoms with Crippen molar-refractivity contribution in [3.63, 3.8) is 0 Å². The molecule has 1 aliphatic heterocycles. The Morgan fingerprint density at radius 2 is 1.73 bits per heavy atom. The van der Waals surface area contributed by atoms with Crippen LogP contribution in [0.5, 0.6) is 0 Å². The zero-order valence-electron chi connectivity index (χ0n) is 16.8. The molecule has 144 valence electrons. The van der Waals surface area contributed by atoms with Gasteiger partial charge in [-0.3, -0.25) is 4.79 Å². The Kier molecular flexibility index (Phi) is 5.45. The summed E-state index contributed by atoms with van der Waals surface area (Å²) in [6.07, 6.45) is 4.99.